The first-order valence-electron chi connectivity index (χ1n) is 7.18. The number of allylic oxidation sites excluding steroid dienone is 3. The van der Waals surface area contributed by atoms with Crippen LogP contribution in [0.2, 0.25) is 0 Å². The largest absolute Gasteiger partial charge is 0.497 e. The summed E-state index contributed by atoms with van der Waals surface area (Å²) in [5.74, 6) is 3.53. The molecule has 1 saturated carbocycles. The summed E-state index contributed by atoms with van der Waals surface area (Å²) in [4.78, 5) is 0. The Labute approximate surface area is 112 Å². The van der Waals surface area contributed by atoms with Gasteiger partial charge < -0.3 is 4.74 Å². The van der Waals surface area contributed by atoms with E-state index in [4.69, 9.17) is 4.74 Å². The first-order chi connectivity index (χ1) is 8.54. The van der Waals surface area contributed by atoms with Gasteiger partial charge in [-0.2, -0.15) is 0 Å². The highest BCUT2D eigenvalue weighted by molar-refractivity contribution is 5.34. The number of hydrogen-bond donors (Lipinski definition) is 0. The van der Waals surface area contributed by atoms with E-state index in [2.05, 4.69) is 33.1 Å². The Morgan fingerprint density at radius 3 is 2.56 bits per heavy atom. The van der Waals surface area contributed by atoms with E-state index in [1.54, 1.807) is 12.7 Å². The SMILES string of the molecule is C=C(OC)C(=C)C1CC[C@@H](C)C2CCC(C)C=C12. The Bertz CT molecular complexity index is 377. The quantitative estimate of drug-likeness (QED) is 0.398. The van der Waals surface area contributed by atoms with Crippen LogP contribution < -0.4 is 0 Å². The predicted octanol–water partition coefficient (Wildman–Crippen LogP) is 4.72. The fourth-order valence-corrected chi connectivity index (χ4v) is 3.63. The zero-order valence-corrected chi connectivity index (χ0v) is 12.0. The molecule has 0 amide bonds. The van der Waals surface area contributed by atoms with Crippen molar-refractivity contribution in [2.45, 2.75) is 39.5 Å². The van der Waals surface area contributed by atoms with Crippen LogP contribution in [0.5, 0.6) is 0 Å². The molecule has 2 rings (SSSR count). The minimum atomic E-state index is 0.474. The Balaban J connectivity index is 2.25. The molecule has 0 N–H and O–H groups in total. The van der Waals surface area contributed by atoms with E-state index in [-0.39, 0.29) is 0 Å². The van der Waals surface area contributed by atoms with E-state index in [1.165, 1.54) is 25.7 Å². The molecule has 0 bridgehead atoms. The lowest BCUT2D eigenvalue weighted by atomic mass is 9.64. The fraction of sp³-hybridized carbons (Fsp3) is 0.647. The summed E-state index contributed by atoms with van der Waals surface area (Å²) in [7, 11) is 1.69. The molecule has 2 aliphatic carbocycles. The van der Waals surface area contributed by atoms with Gasteiger partial charge in [0.15, 0.2) is 0 Å². The zero-order chi connectivity index (χ0) is 13.3. The third-order valence-corrected chi connectivity index (χ3v) is 4.86. The smallest absolute Gasteiger partial charge is 0.114 e. The highest BCUT2D eigenvalue weighted by Gasteiger charge is 2.36. The minimum absolute atomic E-state index is 0.474. The van der Waals surface area contributed by atoms with E-state index >= 15 is 0 Å². The normalized spacial score (nSPS) is 35.4. The third kappa shape index (κ3) is 2.41. The number of methoxy groups -OCH3 is 1. The van der Waals surface area contributed by atoms with Crippen LogP contribution in [0.4, 0.5) is 0 Å². The molecule has 18 heavy (non-hydrogen) atoms. The average molecular weight is 246 g/mol. The molecule has 1 nitrogen and oxygen atoms in total. The van der Waals surface area contributed by atoms with E-state index in [0.29, 0.717) is 11.8 Å². The summed E-state index contributed by atoms with van der Waals surface area (Å²) in [6, 6.07) is 0. The van der Waals surface area contributed by atoms with Crippen molar-refractivity contribution in [3.8, 4) is 0 Å². The molecule has 1 fully saturated rings. The molecule has 4 atom stereocenters. The summed E-state index contributed by atoms with van der Waals surface area (Å²) in [6.07, 6.45) is 7.69. The van der Waals surface area contributed by atoms with E-state index in [9.17, 15) is 0 Å². The van der Waals surface area contributed by atoms with E-state index < -0.39 is 0 Å². The van der Waals surface area contributed by atoms with Crippen LogP contribution in [-0.4, -0.2) is 7.11 Å². The molecule has 3 unspecified atom stereocenters. The van der Waals surface area contributed by atoms with Crippen LogP contribution in [-0.2, 0) is 4.74 Å². The van der Waals surface area contributed by atoms with Crippen LogP contribution in [0.3, 0.4) is 0 Å². The lowest BCUT2D eigenvalue weighted by Crippen LogP contribution is -2.30. The lowest BCUT2D eigenvalue weighted by Gasteiger charge is -2.41. The molecule has 100 valence electrons. The van der Waals surface area contributed by atoms with Gasteiger partial charge >= 0.3 is 0 Å². The summed E-state index contributed by atoms with van der Waals surface area (Å²) >= 11 is 0. The molecule has 0 heterocycles. The van der Waals surface area contributed by atoms with Crippen LogP contribution in [0, 0.1) is 23.7 Å². The van der Waals surface area contributed by atoms with Crippen LogP contribution >= 0.6 is 0 Å². The molecule has 0 spiro atoms. The van der Waals surface area contributed by atoms with E-state index in [0.717, 1.165) is 23.2 Å². The van der Waals surface area contributed by atoms with Gasteiger partial charge in [0, 0.05) is 5.92 Å². The number of ether oxygens (including phenoxy) is 1. The molecule has 0 saturated heterocycles. The molecular weight excluding hydrogens is 220 g/mol. The summed E-state index contributed by atoms with van der Waals surface area (Å²) in [6.45, 7) is 12.9. The fourth-order valence-electron chi connectivity index (χ4n) is 3.63. The van der Waals surface area contributed by atoms with E-state index in [1.807, 2.05) is 0 Å². The van der Waals surface area contributed by atoms with Gasteiger partial charge in [0.2, 0.25) is 0 Å². The molecule has 0 radical (unpaired) electrons. The van der Waals surface area contributed by atoms with Crippen LogP contribution in [0.25, 0.3) is 0 Å². The van der Waals surface area contributed by atoms with Gasteiger partial charge in [-0.3, -0.25) is 0 Å². The third-order valence-electron chi connectivity index (χ3n) is 4.86. The zero-order valence-electron chi connectivity index (χ0n) is 12.0. The number of fused-ring (bicyclic) bond motifs is 1. The molecule has 1 heteroatoms. The Morgan fingerprint density at radius 1 is 1.17 bits per heavy atom. The van der Waals surface area contributed by atoms with Crippen molar-refractivity contribution in [2.24, 2.45) is 23.7 Å². The summed E-state index contributed by atoms with van der Waals surface area (Å²) < 4.78 is 5.28. The Hall–Kier alpha value is -0.980. The standard InChI is InChI=1S/C17H26O/c1-11-6-8-15-12(2)7-9-16(17(15)10-11)13(3)14(4)18-5/h10-12,15-16H,3-4,6-9H2,1-2,5H3/t11?,12-,15?,16?/m1/s1. The highest BCUT2D eigenvalue weighted by Crippen LogP contribution is 2.47. The topological polar surface area (TPSA) is 9.23 Å². The second-order valence-electron chi connectivity index (χ2n) is 6.09. The van der Waals surface area contributed by atoms with Crippen molar-refractivity contribution in [3.05, 3.63) is 36.1 Å². The maximum absolute atomic E-state index is 5.28. The first kappa shape index (κ1) is 13.5. The van der Waals surface area contributed by atoms with Crippen molar-refractivity contribution in [3.63, 3.8) is 0 Å². The molecular formula is C17H26O. The highest BCUT2D eigenvalue weighted by atomic mass is 16.5. The summed E-state index contributed by atoms with van der Waals surface area (Å²) in [5.41, 5.74) is 2.71. The van der Waals surface area contributed by atoms with Gasteiger partial charge in [-0.05, 0) is 49.0 Å². The van der Waals surface area contributed by atoms with Gasteiger partial charge in [0.25, 0.3) is 0 Å². The Kier molecular flexibility index (Phi) is 3.99. The minimum Gasteiger partial charge on any atom is -0.497 e. The van der Waals surface area contributed by atoms with Crippen molar-refractivity contribution >= 4 is 0 Å². The van der Waals surface area contributed by atoms with Gasteiger partial charge in [0.1, 0.15) is 5.76 Å². The summed E-state index contributed by atoms with van der Waals surface area (Å²) in [5, 5.41) is 0. The maximum Gasteiger partial charge on any atom is 0.114 e. The molecule has 0 aromatic rings. The average Bonchev–Trinajstić information content (AvgIpc) is 2.37. The van der Waals surface area contributed by atoms with Gasteiger partial charge in [-0.15, -0.1) is 0 Å². The predicted molar refractivity (Wildman–Crippen MR) is 77.1 cm³/mol. The van der Waals surface area contributed by atoms with Crippen molar-refractivity contribution < 1.29 is 4.74 Å². The lowest BCUT2D eigenvalue weighted by molar-refractivity contribution is 0.240. The van der Waals surface area contributed by atoms with Crippen molar-refractivity contribution in [1.29, 1.82) is 0 Å². The van der Waals surface area contributed by atoms with Crippen LogP contribution in [0.1, 0.15) is 39.5 Å². The molecule has 0 aromatic carbocycles. The van der Waals surface area contributed by atoms with Gasteiger partial charge in [-0.25, -0.2) is 0 Å². The van der Waals surface area contributed by atoms with Crippen molar-refractivity contribution in [1.82, 2.24) is 0 Å². The second-order valence-corrected chi connectivity index (χ2v) is 6.09. The first-order valence-corrected chi connectivity index (χ1v) is 7.18. The van der Waals surface area contributed by atoms with Crippen LogP contribution in [0.15, 0.2) is 36.1 Å². The second kappa shape index (κ2) is 5.34. The van der Waals surface area contributed by atoms with Crippen molar-refractivity contribution in [2.75, 3.05) is 7.11 Å². The molecule has 2 aliphatic rings. The Morgan fingerprint density at radius 2 is 1.89 bits per heavy atom. The number of hydrogen-bond acceptors (Lipinski definition) is 1. The maximum atomic E-state index is 5.28. The van der Waals surface area contributed by atoms with Gasteiger partial charge in [-0.1, -0.05) is 38.7 Å². The monoisotopic (exact) mass is 246 g/mol. The van der Waals surface area contributed by atoms with Gasteiger partial charge in [0.05, 0.1) is 7.11 Å². The molecule has 0 aromatic heterocycles. The molecule has 0 aliphatic heterocycles. The number of rotatable bonds is 3.